The Balaban J connectivity index is 1.59. The van der Waals surface area contributed by atoms with Gasteiger partial charge in [0.1, 0.15) is 0 Å². The summed E-state index contributed by atoms with van der Waals surface area (Å²) in [5, 5.41) is 0. The fraction of sp³-hybridized carbons (Fsp3) is 0.143. The number of rotatable bonds is 3. The first-order valence-electron chi connectivity index (χ1n) is 8.09. The Morgan fingerprint density at radius 2 is 1.71 bits per heavy atom. The molecular formula is C21H18N2O. The van der Waals surface area contributed by atoms with Crippen LogP contribution in [0.1, 0.15) is 27.0 Å². The lowest BCUT2D eigenvalue weighted by Crippen LogP contribution is -2.23. The number of carbonyl (C=O) groups excluding carboxylic acids is 1. The Hall–Kier alpha value is -2.94. The summed E-state index contributed by atoms with van der Waals surface area (Å²) < 4.78 is 0. The van der Waals surface area contributed by atoms with E-state index in [9.17, 15) is 4.79 Å². The lowest BCUT2D eigenvalue weighted by molar-refractivity contribution is 0.0766. The number of hydrogen-bond donors (Lipinski definition) is 0. The van der Waals surface area contributed by atoms with Gasteiger partial charge in [-0.3, -0.25) is 9.78 Å². The van der Waals surface area contributed by atoms with Crippen molar-refractivity contribution in [3.05, 3.63) is 89.2 Å². The number of amides is 1. The predicted molar refractivity (Wildman–Crippen MR) is 94.4 cm³/mol. The SMILES string of the molecule is Cc1ccc(CN2Cc3cc(-c4ccncc4)ccc3C2=O)cc1. The molecule has 3 heteroatoms. The van der Waals surface area contributed by atoms with Crippen molar-refractivity contribution in [2.75, 3.05) is 0 Å². The van der Waals surface area contributed by atoms with Gasteiger partial charge in [0.2, 0.25) is 0 Å². The zero-order valence-electron chi connectivity index (χ0n) is 13.6. The third-order valence-electron chi connectivity index (χ3n) is 4.49. The Morgan fingerprint density at radius 3 is 2.46 bits per heavy atom. The smallest absolute Gasteiger partial charge is 0.254 e. The molecule has 0 radical (unpaired) electrons. The number of fused-ring (bicyclic) bond motifs is 1. The van der Waals surface area contributed by atoms with E-state index in [2.05, 4.69) is 42.2 Å². The van der Waals surface area contributed by atoms with E-state index in [0.29, 0.717) is 13.1 Å². The maximum Gasteiger partial charge on any atom is 0.254 e. The first-order valence-corrected chi connectivity index (χ1v) is 8.09. The van der Waals surface area contributed by atoms with Crippen LogP contribution in [0.5, 0.6) is 0 Å². The van der Waals surface area contributed by atoms with Gasteiger partial charge in [0.05, 0.1) is 0 Å². The van der Waals surface area contributed by atoms with Gasteiger partial charge in [-0.2, -0.15) is 0 Å². The van der Waals surface area contributed by atoms with Crippen LogP contribution in [0.3, 0.4) is 0 Å². The third-order valence-corrected chi connectivity index (χ3v) is 4.49. The Kier molecular flexibility index (Phi) is 3.62. The molecule has 1 aliphatic rings. The molecule has 3 aromatic rings. The number of aromatic nitrogens is 1. The van der Waals surface area contributed by atoms with Crippen molar-refractivity contribution in [2.45, 2.75) is 20.0 Å². The average molecular weight is 314 g/mol. The van der Waals surface area contributed by atoms with Gasteiger partial charge >= 0.3 is 0 Å². The minimum absolute atomic E-state index is 0.117. The van der Waals surface area contributed by atoms with Gasteiger partial charge in [-0.05, 0) is 53.4 Å². The molecule has 1 amide bonds. The minimum atomic E-state index is 0.117. The lowest BCUT2D eigenvalue weighted by atomic mass is 10.0. The number of hydrogen-bond acceptors (Lipinski definition) is 2. The summed E-state index contributed by atoms with van der Waals surface area (Å²) in [6, 6.07) is 18.4. The van der Waals surface area contributed by atoms with Gasteiger partial charge in [-0.15, -0.1) is 0 Å². The molecule has 2 heterocycles. The molecular weight excluding hydrogens is 296 g/mol. The maximum absolute atomic E-state index is 12.6. The molecule has 0 fully saturated rings. The summed E-state index contributed by atoms with van der Waals surface area (Å²) >= 11 is 0. The van der Waals surface area contributed by atoms with Crippen LogP contribution in [-0.4, -0.2) is 15.8 Å². The Bertz CT molecular complexity index is 885. The molecule has 0 saturated heterocycles. The predicted octanol–water partition coefficient (Wildman–Crippen LogP) is 4.21. The van der Waals surface area contributed by atoms with Crippen LogP contribution in [0.4, 0.5) is 0 Å². The van der Waals surface area contributed by atoms with Crippen LogP contribution in [-0.2, 0) is 13.1 Å². The summed E-state index contributed by atoms with van der Waals surface area (Å²) in [7, 11) is 0. The molecule has 0 bridgehead atoms. The van der Waals surface area contributed by atoms with Crippen LogP contribution in [0.25, 0.3) is 11.1 Å². The number of benzene rings is 2. The topological polar surface area (TPSA) is 33.2 Å². The number of pyridine rings is 1. The lowest BCUT2D eigenvalue weighted by Gasteiger charge is -2.15. The highest BCUT2D eigenvalue weighted by molar-refractivity contribution is 5.99. The van der Waals surface area contributed by atoms with Gasteiger partial charge < -0.3 is 4.90 Å². The summed E-state index contributed by atoms with van der Waals surface area (Å²) in [6.07, 6.45) is 3.58. The van der Waals surface area contributed by atoms with E-state index in [4.69, 9.17) is 0 Å². The summed E-state index contributed by atoms with van der Waals surface area (Å²) in [6.45, 7) is 3.39. The van der Waals surface area contributed by atoms with Crippen molar-refractivity contribution in [1.29, 1.82) is 0 Å². The molecule has 1 aliphatic heterocycles. The zero-order valence-corrected chi connectivity index (χ0v) is 13.6. The molecule has 118 valence electrons. The van der Waals surface area contributed by atoms with E-state index in [1.807, 2.05) is 29.2 Å². The van der Waals surface area contributed by atoms with E-state index in [1.54, 1.807) is 12.4 Å². The monoisotopic (exact) mass is 314 g/mol. The molecule has 0 atom stereocenters. The molecule has 0 unspecified atom stereocenters. The van der Waals surface area contributed by atoms with Crippen LogP contribution in [0.2, 0.25) is 0 Å². The molecule has 3 nitrogen and oxygen atoms in total. The van der Waals surface area contributed by atoms with Crippen LogP contribution < -0.4 is 0 Å². The van der Waals surface area contributed by atoms with Gasteiger partial charge in [0, 0.05) is 31.0 Å². The van der Waals surface area contributed by atoms with Crippen molar-refractivity contribution in [3.8, 4) is 11.1 Å². The van der Waals surface area contributed by atoms with E-state index in [-0.39, 0.29) is 5.91 Å². The van der Waals surface area contributed by atoms with Gasteiger partial charge in [-0.25, -0.2) is 0 Å². The third kappa shape index (κ3) is 2.69. The van der Waals surface area contributed by atoms with Gasteiger partial charge in [0.15, 0.2) is 0 Å². The van der Waals surface area contributed by atoms with Crippen LogP contribution >= 0.6 is 0 Å². The normalized spacial score (nSPS) is 13.2. The molecule has 0 aliphatic carbocycles. The molecule has 1 aromatic heterocycles. The largest absolute Gasteiger partial charge is 0.330 e. The first-order chi connectivity index (χ1) is 11.7. The van der Waals surface area contributed by atoms with Crippen molar-refractivity contribution < 1.29 is 4.79 Å². The Labute approximate surface area is 141 Å². The van der Waals surface area contributed by atoms with E-state index in [1.165, 1.54) is 5.56 Å². The zero-order chi connectivity index (χ0) is 16.5. The summed E-state index contributed by atoms with van der Waals surface area (Å²) in [5.41, 5.74) is 6.56. The Morgan fingerprint density at radius 1 is 0.958 bits per heavy atom. The van der Waals surface area contributed by atoms with E-state index in [0.717, 1.165) is 27.8 Å². The second-order valence-corrected chi connectivity index (χ2v) is 6.25. The molecule has 0 saturated carbocycles. The highest BCUT2D eigenvalue weighted by Crippen LogP contribution is 2.29. The standard InChI is InChI=1S/C21H18N2O/c1-15-2-4-16(5-3-15)13-23-14-19-12-18(6-7-20(19)21(23)24)17-8-10-22-11-9-17/h2-12H,13-14H2,1H3. The van der Waals surface area contributed by atoms with Crippen molar-refractivity contribution >= 4 is 5.91 Å². The minimum Gasteiger partial charge on any atom is -0.330 e. The molecule has 24 heavy (non-hydrogen) atoms. The number of nitrogens with zero attached hydrogens (tertiary/aromatic N) is 2. The number of aryl methyl sites for hydroxylation is 1. The fourth-order valence-electron chi connectivity index (χ4n) is 3.15. The second-order valence-electron chi connectivity index (χ2n) is 6.25. The van der Waals surface area contributed by atoms with Crippen molar-refractivity contribution in [3.63, 3.8) is 0 Å². The second kappa shape index (κ2) is 5.93. The van der Waals surface area contributed by atoms with Crippen LogP contribution in [0, 0.1) is 6.92 Å². The highest BCUT2D eigenvalue weighted by atomic mass is 16.2. The molecule has 0 spiro atoms. The molecule has 0 N–H and O–H groups in total. The molecule has 4 rings (SSSR count). The van der Waals surface area contributed by atoms with Crippen molar-refractivity contribution in [2.24, 2.45) is 0 Å². The van der Waals surface area contributed by atoms with Crippen molar-refractivity contribution in [1.82, 2.24) is 9.88 Å². The maximum atomic E-state index is 12.6. The summed E-state index contributed by atoms with van der Waals surface area (Å²) in [4.78, 5) is 18.6. The molecule has 2 aromatic carbocycles. The van der Waals surface area contributed by atoms with E-state index < -0.39 is 0 Å². The van der Waals surface area contributed by atoms with E-state index >= 15 is 0 Å². The summed E-state index contributed by atoms with van der Waals surface area (Å²) in [5.74, 6) is 0.117. The first kappa shape index (κ1) is 14.6. The number of carbonyl (C=O) groups is 1. The average Bonchev–Trinajstić information content (AvgIpc) is 2.93. The highest BCUT2D eigenvalue weighted by Gasteiger charge is 2.27. The van der Waals surface area contributed by atoms with Gasteiger partial charge in [-0.1, -0.05) is 35.9 Å². The van der Waals surface area contributed by atoms with Crippen LogP contribution in [0.15, 0.2) is 67.0 Å². The fourth-order valence-corrected chi connectivity index (χ4v) is 3.15. The quantitative estimate of drug-likeness (QED) is 0.725. The van der Waals surface area contributed by atoms with Gasteiger partial charge in [0.25, 0.3) is 5.91 Å².